The summed E-state index contributed by atoms with van der Waals surface area (Å²) in [6.07, 6.45) is 0.799. The zero-order valence-electron chi connectivity index (χ0n) is 14.3. The molecule has 0 unspecified atom stereocenters. The van der Waals surface area contributed by atoms with Gasteiger partial charge in [0.1, 0.15) is 23.1 Å². The van der Waals surface area contributed by atoms with Gasteiger partial charge in [-0.1, -0.05) is 6.92 Å². The molecule has 0 aliphatic carbocycles. The van der Waals surface area contributed by atoms with Gasteiger partial charge in [0.05, 0.1) is 18.6 Å². The highest BCUT2D eigenvalue weighted by molar-refractivity contribution is 5.94. The zero-order chi connectivity index (χ0) is 18.9. The largest absolute Gasteiger partial charge is 0.494 e. The number of halogens is 2. The van der Waals surface area contributed by atoms with E-state index in [4.69, 9.17) is 9.47 Å². The van der Waals surface area contributed by atoms with Crippen LogP contribution in [0.15, 0.2) is 42.5 Å². The van der Waals surface area contributed by atoms with Gasteiger partial charge in [-0.15, -0.1) is 0 Å². The minimum atomic E-state index is -0.963. The first kappa shape index (κ1) is 19.4. The summed E-state index contributed by atoms with van der Waals surface area (Å²) in [6, 6.07) is 9.25. The van der Waals surface area contributed by atoms with Crippen molar-refractivity contribution in [2.45, 2.75) is 19.8 Å². The lowest BCUT2D eigenvalue weighted by Crippen LogP contribution is -2.27. The van der Waals surface area contributed by atoms with Crippen molar-refractivity contribution in [1.82, 2.24) is 5.32 Å². The van der Waals surface area contributed by atoms with Crippen LogP contribution in [0.3, 0.4) is 0 Å². The van der Waals surface area contributed by atoms with E-state index in [9.17, 15) is 18.4 Å². The second kappa shape index (κ2) is 9.50. The normalized spacial score (nSPS) is 10.3. The summed E-state index contributed by atoms with van der Waals surface area (Å²) in [7, 11) is 0. The zero-order valence-corrected chi connectivity index (χ0v) is 14.3. The molecule has 26 heavy (non-hydrogen) atoms. The lowest BCUT2D eigenvalue weighted by molar-refractivity contribution is -0.134. The molecule has 1 amide bonds. The molecule has 0 fully saturated rings. The third-order valence-corrected chi connectivity index (χ3v) is 3.32. The highest BCUT2D eigenvalue weighted by atomic mass is 19.1. The van der Waals surface area contributed by atoms with E-state index in [1.54, 1.807) is 24.3 Å². The Balaban J connectivity index is 1.77. The van der Waals surface area contributed by atoms with Crippen LogP contribution in [-0.4, -0.2) is 25.0 Å². The standard InChI is InChI=1S/C19H19F2NO4/c1-2-11-25-14-4-6-15(7-5-14)26-18(23)9-10-22-19(24)16-8-3-13(20)12-17(16)21/h3-8,12H,2,9-11H2,1H3,(H,22,24). The fourth-order valence-corrected chi connectivity index (χ4v) is 2.05. The maximum Gasteiger partial charge on any atom is 0.312 e. The number of esters is 1. The molecule has 7 heteroatoms. The average Bonchev–Trinajstić information content (AvgIpc) is 2.61. The lowest BCUT2D eigenvalue weighted by atomic mass is 10.2. The number of carbonyl (C=O) groups excluding carboxylic acids is 2. The molecule has 0 radical (unpaired) electrons. The third kappa shape index (κ3) is 5.84. The van der Waals surface area contributed by atoms with Crippen molar-refractivity contribution in [2.75, 3.05) is 13.2 Å². The van der Waals surface area contributed by atoms with Crippen LogP contribution in [0.5, 0.6) is 11.5 Å². The maximum absolute atomic E-state index is 13.5. The molecule has 1 N–H and O–H groups in total. The Morgan fingerprint density at radius 2 is 1.73 bits per heavy atom. The predicted octanol–water partition coefficient (Wildman–Crippen LogP) is 3.48. The summed E-state index contributed by atoms with van der Waals surface area (Å²) in [5, 5.41) is 2.39. The summed E-state index contributed by atoms with van der Waals surface area (Å²) in [6.45, 7) is 2.57. The van der Waals surface area contributed by atoms with E-state index in [0.717, 1.165) is 18.6 Å². The molecule has 2 aromatic rings. The van der Waals surface area contributed by atoms with Crippen LogP contribution in [0.1, 0.15) is 30.1 Å². The first-order chi connectivity index (χ1) is 12.5. The maximum atomic E-state index is 13.5. The van der Waals surface area contributed by atoms with Crippen molar-refractivity contribution < 1.29 is 27.8 Å². The topological polar surface area (TPSA) is 64.6 Å². The molecule has 0 aromatic heterocycles. The second-order valence-corrected chi connectivity index (χ2v) is 5.42. The number of rotatable bonds is 8. The van der Waals surface area contributed by atoms with E-state index in [1.807, 2.05) is 6.92 Å². The Morgan fingerprint density at radius 1 is 1.04 bits per heavy atom. The number of amides is 1. The molecule has 138 valence electrons. The fourth-order valence-electron chi connectivity index (χ4n) is 2.05. The van der Waals surface area contributed by atoms with Crippen LogP contribution < -0.4 is 14.8 Å². The molecule has 0 heterocycles. The average molecular weight is 363 g/mol. The Kier molecular flexibility index (Phi) is 7.08. The van der Waals surface area contributed by atoms with E-state index in [1.165, 1.54) is 0 Å². The SMILES string of the molecule is CCCOc1ccc(OC(=O)CCNC(=O)c2ccc(F)cc2F)cc1. The van der Waals surface area contributed by atoms with Crippen LogP contribution in [-0.2, 0) is 4.79 Å². The summed E-state index contributed by atoms with van der Waals surface area (Å²) in [4.78, 5) is 23.6. The number of benzene rings is 2. The Hall–Kier alpha value is -2.96. The minimum absolute atomic E-state index is 0.0355. The highest BCUT2D eigenvalue weighted by Gasteiger charge is 2.13. The van der Waals surface area contributed by atoms with Gasteiger partial charge < -0.3 is 14.8 Å². The summed E-state index contributed by atoms with van der Waals surface area (Å²) in [5.41, 5.74) is -0.289. The van der Waals surface area contributed by atoms with Gasteiger partial charge in [-0.05, 0) is 42.8 Å². The van der Waals surface area contributed by atoms with Gasteiger partial charge in [-0.25, -0.2) is 8.78 Å². The minimum Gasteiger partial charge on any atom is -0.494 e. The van der Waals surface area contributed by atoms with Crippen molar-refractivity contribution in [1.29, 1.82) is 0 Å². The summed E-state index contributed by atoms with van der Waals surface area (Å²) < 4.78 is 36.9. The van der Waals surface area contributed by atoms with Gasteiger partial charge in [0.15, 0.2) is 0 Å². The molecule has 0 bridgehead atoms. The smallest absolute Gasteiger partial charge is 0.312 e. The first-order valence-corrected chi connectivity index (χ1v) is 8.16. The van der Waals surface area contributed by atoms with Crippen molar-refractivity contribution in [3.8, 4) is 11.5 Å². The van der Waals surface area contributed by atoms with Crippen LogP contribution in [0, 0.1) is 11.6 Å². The number of carbonyl (C=O) groups is 2. The Labute approximate surface area is 149 Å². The van der Waals surface area contributed by atoms with Crippen molar-refractivity contribution in [2.24, 2.45) is 0 Å². The Bertz CT molecular complexity index is 763. The second-order valence-electron chi connectivity index (χ2n) is 5.42. The molecule has 0 aliphatic rings. The van der Waals surface area contributed by atoms with Gasteiger partial charge in [0, 0.05) is 12.6 Å². The van der Waals surface area contributed by atoms with Crippen molar-refractivity contribution >= 4 is 11.9 Å². The van der Waals surface area contributed by atoms with Crippen LogP contribution >= 0.6 is 0 Å². The lowest BCUT2D eigenvalue weighted by Gasteiger charge is -2.08. The van der Waals surface area contributed by atoms with Crippen LogP contribution in [0.25, 0.3) is 0 Å². The van der Waals surface area contributed by atoms with Crippen molar-refractivity contribution in [3.63, 3.8) is 0 Å². The molecule has 2 aromatic carbocycles. The third-order valence-electron chi connectivity index (χ3n) is 3.32. The molecule has 0 aliphatic heterocycles. The fraction of sp³-hybridized carbons (Fsp3) is 0.263. The summed E-state index contributed by atoms with van der Waals surface area (Å²) in [5.74, 6) is -1.97. The molecule has 5 nitrogen and oxygen atoms in total. The van der Waals surface area contributed by atoms with Gasteiger partial charge >= 0.3 is 5.97 Å². The number of nitrogens with one attached hydrogen (secondary N) is 1. The van der Waals surface area contributed by atoms with E-state index in [0.29, 0.717) is 24.2 Å². The molecule has 0 spiro atoms. The van der Waals surface area contributed by atoms with Crippen molar-refractivity contribution in [3.05, 3.63) is 59.7 Å². The number of ether oxygens (including phenoxy) is 2. The molecular formula is C19H19F2NO4. The molecule has 0 saturated heterocycles. The quantitative estimate of drug-likeness (QED) is 0.576. The van der Waals surface area contributed by atoms with E-state index >= 15 is 0 Å². The molecular weight excluding hydrogens is 344 g/mol. The van der Waals surface area contributed by atoms with Crippen LogP contribution in [0.2, 0.25) is 0 Å². The highest BCUT2D eigenvalue weighted by Crippen LogP contribution is 2.18. The molecule has 2 rings (SSSR count). The molecule has 0 atom stereocenters. The molecule has 0 saturated carbocycles. The first-order valence-electron chi connectivity index (χ1n) is 8.16. The van der Waals surface area contributed by atoms with Gasteiger partial charge in [0.25, 0.3) is 5.91 Å². The predicted molar refractivity (Wildman–Crippen MR) is 91.2 cm³/mol. The van der Waals surface area contributed by atoms with Gasteiger partial charge in [0.2, 0.25) is 0 Å². The number of hydrogen-bond acceptors (Lipinski definition) is 4. The Morgan fingerprint density at radius 3 is 2.38 bits per heavy atom. The van der Waals surface area contributed by atoms with Crippen LogP contribution in [0.4, 0.5) is 8.78 Å². The summed E-state index contributed by atoms with van der Waals surface area (Å²) >= 11 is 0. The van der Waals surface area contributed by atoms with E-state index in [-0.39, 0.29) is 18.5 Å². The van der Waals surface area contributed by atoms with E-state index in [2.05, 4.69) is 5.32 Å². The monoisotopic (exact) mass is 363 g/mol. The number of hydrogen-bond donors (Lipinski definition) is 1. The van der Waals surface area contributed by atoms with Gasteiger partial charge in [-0.2, -0.15) is 0 Å². The van der Waals surface area contributed by atoms with E-state index < -0.39 is 23.5 Å². The van der Waals surface area contributed by atoms with Gasteiger partial charge in [-0.3, -0.25) is 9.59 Å².